The molecular weight excluding hydrogens is 294 g/mol. The van der Waals surface area contributed by atoms with E-state index in [2.05, 4.69) is 28.7 Å². The van der Waals surface area contributed by atoms with Crippen molar-refractivity contribution >= 4 is 5.97 Å². The lowest BCUT2D eigenvalue weighted by Crippen LogP contribution is -2.48. The smallest absolute Gasteiger partial charge is 0.322 e. The zero-order chi connectivity index (χ0) is 16.7. The Hall–Kier alpha value is -1.40. The molecule has 1 unspecified atom stereocenters. The summed E-state index contributed by atoms with van der Waals surface area (Å²) in [6.07, 6.45) is 7.52. The molecule has 3 atom stereocenters. The maximum Gasteiger partial charge on any atom is 0.322 e. The van der Waals surface area contributed by atoms with Gasteiger partial charge in [-0.3, -0.25) is 10.1 Å². The predicted octanol–water partition coefficient (Wildman–Crippen LogP) is 2.44. The third-order valence-corrected chi connectivity index (χ3v) is 4.23. The van der Waals surface area contributed by atoms with E-state index in [9.17, 15) is 4.79 Å². The van der Waals surface area contributed by atoms with Gasteiger partial charge in [0.2, 0.25) is 0 Å². The average Bonchev–Trinajstić information content (AvgIpc) is 3.04. The van der Waals surface area contributed by atoms with Crippen LogP contribution in [-0.2, 0) is 20.8 Å². The molecule has 0 aromatic carbocycles. The lowest BCUT2D eigenvalue weighted by molar-refractivity contribution is -0.146. The fraction of sp³-hybridized carbons (Fsp3) is 0.765. The number of nitrogens with one attached hydrogen (secondary N) is 1. The number of aryl methyl sites for hydroxylation is 1. The van der Waals surface area contributed by atoms with Crippen LogP contribution >= 0.6 is 0 Å². The number of aromatic nitrogens is 2. The van der Waals surface area contributed by atoms with Crippen LogP contribution in [0.1, 0.15) is 58.4 Å². The van der Waals surface area contributed by atoms with E-state index in [1.54, 1.807) is 6.20 Å². The van der Waals surface area contributed by atoms with Crippen LogP contribution in [0.3, 0.4) is 0 Å². The minimum atomic E-state index is -0.342. The minimum absolute atomic E-state index is 0.0742. The highest BCUT2D eigenvalue weighted by Gasteiger charge is 2.32. The molecule has 0 saturated carbocycles. The zero-order valence-electron chi connectivity index (χ0n) is 14.5. The Kier molecular flexibility index (Phi) is 7.05. The van der Waals surface area contributed by atoms with E-state index in [0.717, 1.165) is 44.7 Å². The molecule has 0 amide bonds. The van der Waals surface area contributed by atoms with Gasteiger partial charge in [0.05, 0.1) is 6.61 Å². The van der Waals surface area contributed by atoms with Crippen molar-refractivity contribution in [1.82, 2.24) is 14.9 Å². The number of ether oxygens (including phenoxy) is 2. The number of esters is 1. The predicted molar refractivity (Wildman–Crippen MR) is 88.1 cm³/mol. The van der Waals surface area contributed by atoms with Gasteiger partial charge in [0.15, 0.2) is 0 Å². The number of nitrogens with zero attached hydrogens (tertiary/aromatic N) is 2. The molecule has 2 heterocycles. The molecule has 1 fully saturated rings. The molecule has 23 heavy (non-hydrogen) atoms. The molecule has 0 aliphatic carbocycles. The van der Waals surface area contributed by atoms with E-state index in [-0.39, 0.29) is 24.2 Å². The Morgan fingerprint density at radius 1 is 1.57 bits per heavy atom. The van der Waals surface area contributed by atoms with Gasteiger partial charge in [-0.1, -0.05) is 13.3 Å². The monoisotopic (exact) mass is 323 g/mol. The van der Waals surface area contributed by atoms with E-state index < -0.39 is 0 Å². The van der Waals surface area contributed by atoms with Crippen molar-refractivity contribution in [2.24, 2.45) is 0 Å². The first-order valence-corrected chi connectivity index (χ1v) is 8.72. The highest BCUT2D eigenvalue weighted by atomic mass is 16.5. The van der Waals surface area contributed by atoms with Crippen molar-refractivity contribution in [3.63, 3.8) is 0 Å². The van der Waals surface area contributed by atoms with Crippen molar-refractivity contribution in [2.45, 2.75) is 71.2 Å². The van der Waals surface area contributed by atoms with Crippen LogP contribution in [0, 0.1) is 0 Å². The lowest BCUT2D eigenvalue weighted by Gasteiger charge is -2.33. The largest absolute Gasteiger partial charge is 0.465 e. The summed E-state index contributed by atoms with van der Waals surface area (Å²) in [4.78, 5) is 16.5. The number of carbonyl (C=O) groups is 1. The van der Waals surface area contributed by atoms with Crippen molar-refractivity contribution in [3.05, 3.63) is 18.2 Å². The topological polar surface area (TPSA) is 65.4 Å². The van der Waals surface area contributed by atoms with Crippen LogP contribution in [0.25, 0.3) is 0 Å². The van der Waals surface area contributed by atoms with Gasteiger partial charge in [0.25, 0.3) is 0 Å². The van der Waals surface area contributed by atoms with Crippen LogP contribution in [0.5, 0.6) is 0 Å². The van der Waals surface area contributed by atoms with Gasteiger partial charge in [0.1, 0.15) is 18.0 Å². The van der Waals surface area contributed by atoms with Crippen molar-refractivity contribution < 1.29 is 14.3 Å². The summed E-state index contributed by atoms with van der Waals surface area (Å²) in [5.74, 6) is 0.734. The summed E-state index contributed by atoms with van der Waals surface area (Å²) in [5, 5.41) is 3.38. The van der Waals surface area contributed by atoms with Gasteiger partial charge < -0.3 is 14.0 Å². The quantitative estimate of drug-likeness (QED) is 0.588. The molecule has 0 radical (unpaired) electrons. The van der Waals surface area contributed by atoms with Gasteiger partial charge in [-0.2, -0.15) is 0 Å². The van der Waals surface area contributed by atoms with Crippen molar-refractivity contribution in [1.29, 1.82) is 0 Å². The summed E-state index contributed by atoms with van der Waals surface area (Å²) < 4.78 is 13.3. The summed E-state index contributed by atoms with van der Waals surface area (Å²) in [6.45, 7) is 8.10. The number of hydrogen-bond acceptors (Lipinski definition) is 5. The minimum Gasteiger partial charge on any atom is -0.465 e. The molecular formula is C17H29N3O3. The zero-order valence-corrected chi connectivity index (χ0v) is 14.5. The summed E-state index contributed by atoms with van der Waals surface area (Å²) >= 11 is 0. The first-order valence-electron chi connectivity index (χ1n) is 8.72. The normalized spacial score (nSPS) is 22.7. The molecule has 6 heteroatoms. The molecule has 1 N–H and O–H groups in total. The van der Waals surface area contributed by atoms with Gasteiger partial charge in [-0.15, -0.1) is 0 Å². The molecule has 1 saturated heterocycles. The molecule has 1 aliphatic heterocycles. The van der Waals surface area contributed by atoms with Crippen LogP contribution < -0.4 is 5.32 Å². The standard InChI is InChI=1S/C17H29N3O3/c1-4-6-11-23-17(21)13(3)19-14-8-7-12-22-15(14)16-18-9-10-20(16)5-2/h9-10,13-15,19H,4-8,11-12H2,1-3H3/t13?,14-,15-/m1/s1. The second-order valence-electron chi connectivity index (χ2n) is 6.02. The first-order chi connectivity index (χ1) is 11.2. The number of rotatable bonds is 8. The molecule has 2 rings (SSSR count). The fourth-order valence-electron chi connectivity index (χ4n) is 2.88. The van der Waals surface area contributed by atoms with Crippen molar-refractivity contribution in [3.8, 4) is 0 Å². The molecule has 1 aromatic heterocycles. The lowest BCUT2D eigenvalue weighted by atomic mass is 10.0. The molecule has 0 spiro atoms. The first kappa shape index (κ1) is 17.9. The van der Waals surface area contributed by atoms with Gasteiger partial charge in [-0.05, 0) is 33.1 Å². The molecule has 0 bridgehead atoms. The van der Waals surface area contributed by atoms with Gasteiger partial charge >= 0.3 is 5.97 Å². The average molecular weight is 323 g/mol. The van der Waals surface area contributed by atoms with Crippen LogP contribution in [0.4, 0.5) is 0 Å². The number of carbonyl (C=O) groups excluding carboxylic acids is 1. The second kappa shape index (κ2) is 9.03. The van der Waals surface area contributed by atoms with E-state index in [4.69, 9.17) is 9.47 Å². The molecule has 1 aromatic rings. The Morgan fingerprint density at radius 2 is 2.39 bits per heavy atom. The third-order valence-electron chi connectivity index (χ3n) is 4.23. The van der Waals surface area contributed by atoms with E-state index >= 15 is 0 Å². The Morgan fingerprint density at radius 3 is 3.13 bits per heavy atom. The Bertz CT molecular complexity index is 489. The third kappa shape index (κ3) is 4.78. The summed E-state index contributed by atoms with van der Waals surface area (Å²) in [5.41, 5.74) is 0. The summed E-state index contributed by atoms with van der Waals surface area (Å²) in [7, 11) is 0. The van der Waals surface area contributed by atoms with Crippen LogP contribution in [0.15, 0.2) is 12.4 Å². The SMILES string of the molecule is CCCCOC(=O)C(C)N[C@@H]1CCCO[C@H]1c1nccn1CC. The Balaban J connectivity index is 1.97. The molecule has 130 valence electrons. The van der Waals surface area contributed by atoms with E-state index in [0.29, 0.717) is 6.61 Å². The summed E-state index contributed by atoms with van der Waals surface area (Å²) in [6, 6.07) is -0.267. The number of hydrogen-bond donors (Lipinski definition) is 1. The van der Waals surface area contributed by atoms with E-state index in [1.165, 1.54) is 0 Å². The number of unbranched alkanes of at least 4 members (excludes halogenated alkanes) is 1. The fourth-order valence-corrected chi connectivity index (χ4v) is 2.88. The maximum absolute atomic E-state index is 12.1. The highest BCUT2D eigenvalue weighted by molar-refractivity contribution is 5.75. The maximum atomic E-state index is 12.1. The molecule has 1 aliphatic rings. The van der Waals surface area contributed by atoms with E-state index in [1.807, 2.05) is 13.1 Å². The second-order valence-corrected chi connectivity index (χ2v) is 6.02. The Labute approximate surface area is 138 Å². The van der Waals surface area contributed by atoms with Gasteiger partial charge in [0, 0.05) is 31.6 Å². The number of imidazole rings is 1. The molecule has 6 nitrogen and oxygen atoms in total. The highest BCUT2D eigenvalue weighted by Crippen LogP contribution is 2.27. The van der Waals surface area contributed by atoms with Crippen LogP contribution in [0.2, 0.25) is 0 Å². The van der Waals surface area contributed by atoms with Crippen molar-refractivity contribution in [2.75, 3.05) is 13.2 Å². The van der Waals surface area contributed by atoms with Crippen LogP contribution in [-0.4, -0.2) is 40.8 Å². The van der Waals surface area contributed by atoms with Gasteiger partial charge in [-0.25, -0.2) is 4.98 Å².